The Morgan fingerprint density at radius 3 is 2.22 bits per heavy atom. The Morgan fingerprint density at radius 1 is 1.09 bits per heavy atom. The molecule has 0 saturated carbocycles. The monoisotopic (exact) mass is 471 g/mol. The molecule has 0 aromatic carbocycles. The van der Waals surface area contributed by atoms with E-state index in [0.29, 0.717) is 0 Å². The molecule has 1 amide bonds. The lowest BCUT2D eigenvalue weighted by Gasteiger charge is -2.52. The van der Waals surface area contributed by atoms with Crippen LogP contribution in [-0.2, 0) is 28.2 Å². The molecule has 1 fully saturated rings. The molecule has 0 bridgehead atoms. The fraction of sp³-hybridized carbons (Fsp3) is 0.783. The van der Waals surface area contributed by atoms with Crippen molar-refractivity contribution in [1.82, 2.24) is 4.90 Å². The number of β-lactam (4-membered cyclic amide) rings is 1. The minimum atomic E-state index is -2.08. The quantitative estimate of drug-likeness (QED) is 0.193. The highest BCUT2D eigenvalue weighted by Gasteiger charge is 2.54. The summed E-state index contributed by atoms with van der Waals surface area (Å²) in [6, 6.07) is -0.217. The number of amides is 1. The Kier molecular flexibility index (Phi) is 10.4. The predicted octanol–water partition coefficient (Wildman–Crippen LogP) is 4.15. The van der Waals surface area contributed by atoms with Gasteiger partial charge in [-0.1, -0.05) is 39.8 Å². The first-order valence-electron chi connectivity index (χ1n) is 11.4. The molecule has 1 rings (SSSR count). The Bertz CT molecular complexity index is 686. The fourth-order valence-electron chi connectivity index (χ4n) is 3.59. The van der Waals surface area contributed by atoms with E-state index in [2.05, 4.69) is 33.9 Å². The lowest BCUT2D eigenvalue weighted by Crippen LogP contribution is -2.68. The van der Waals surface area contributed by atoms with E-state index in [9.17, 15) is 14.4 Å². The molecule has 0 unspecified atom stereocenters. The molecule has 1 saturated heterocycles. The van der Waals surface area contributed by atoms with Crippen molar-refractivity contribution in [2.45, 2.75) is 78.7 Å². The average molecular weight is 472 g/mol. The first kappa shape index (κ1) is 28.2. The van der Waals surface area contributed by atoms with Crippen LogP contribution < -0.4 is 0 Å². The number of rotatable bonds is 11. The Morgan fingerprint density at radius 2 is 1.69 bits per heavy atom. The van der Waals surface area contributed by atoms with Crippen molar-refractivity contribution in [3.05, 3.63) is 12.2 Å². The molecule has 1 heterocycles. The van der Waals surface area contributed by atoms with Crippen LogP contribution in [0, 0.1) is 11.8 Å². The van der Waals surface area contributed by atoms with Gasteiger partial charge in [-0.15, -0.1) is 0 Å². The van der Waals surface area contributed by atoms with Gasteiger partial charge < -0.3 is 23.5 Å². The van der Waals surface area contributed by atoms with E-state index in [1.54, 1.807) is 24.8 Å². The maximum Gasteiger partial charge on any atom is 0.508 e. The molecule has 1 aliphatic heterocycles. The van der Waals surface area contributed by atoms with Gasteiger partial charge in [0.25, 0.3) is 0 Å². The summed E-state index contributed by atoms with van der Waals surface area (Å²) in [7, 11) is -2.08. The molecule has 4 atom stereocenters. The maximum atomic E-state index is 13.0. The zero-order chi connectivity index (χ0) is 24.7. The summed E-state index contributed by atoms with van der Waals surface area (Å²) in [4.78, 5) is 38.0. The van der Waals surface area contributed by atoms with E-state index in [1.165, 1.54) is 0 Å². The van der Waals surface area contributed by atoms with Crippen molar-refractivity contribution in [3.63, 3.8) is 0 Å². The van der Waals surface area contributed by atoms with Gasteiger partial charge in [0.05, 0.1) is 31.3 Å². The summed E-state index contributed by atoms with van der Waals surface area (Å²) in [5.74, 6) is -0.964. The number of esters is 1. The van der Waals surface area contributed by atoms with E-state index in [0.717, 1.165) is 0 Å². The first-order valence-corrected chi connectivity index (χ1v) is 14.3. The lowest BCUT2D eigenvalue weighted by molar-refractivity contribution is -0.172. The van der Waals surface area contributed by atoms with Crippen LogP contribution in [0.1, 0.15) is 48.5 Å². The van der Waals surface area contributed by atoms with Gasteiger partial charge in [-0.3, -0.25) is 9.59 Å². The number of ether oxygens (including phenoxy) is 3. The molecule has 0 radical (unpaired) electrons. The van der Waals surface area contributed by atoms with Gasteiger partial charge in [-0.05, 0) is 44.8 Å². The van der Waals surface area contributed by atoms with Crippen molar-refractivity contribution in [1.29, 1.82) is 0 Å². The molecule has 32 heavy (non-hydrogen) atoms. The molecule has 0 aliphatic carbocycles. The van der Waals surface area contributed by atoms with Crippen molar-refractivity contribution in [2.24, 2.45) is 11.8 Å². The summed E-state index contributed by atoms with van der Waals surface area (Å²) in [6.07, 6.45) is 2.62. The van der Waals surface area contributed by atoms with Crippen molar-refractivity contribution < 1.29 is 33.0 Å². The van der Waals surface area contributed by atoms with Crippen LogP contribution in [0.4, 0.5) is 4.79 Å². The van der Waals surface area contributed by atoms with E-state index < -0.39 is 20.4 Å². The van der Waals surface area contributed by atoms with Crippen molar-refractivity contribution in [2.75, 3.05) is 26.4 Å². The Labute approximate surface area is 193 Å². The third-order valence-corrected chi connectivity index (χ3v) is 10.8. The number of likely N-dealkylation sites (tertiary alicyclic amines) is 1. The summed E-state index contributed by atoms with van der Waals surface area (Å²) in [6.45, 7) is 18.7. The largest absolute Gasteiger partial charge is 0.508 e. The average Bonchev–Trinajstić information content (AvgIpc) is 2.66. The van der Waals surface area contributed by atoms with E-state index in [-0.39, 0.29) is 61.3 Å². The number of carbonyl (C=O) groups excluding carboxylic acids is 3. The topological polar surface area (TPSA) is 91.4 Å². The maximum absolute atomic E-state index is 13.0. The number of nitrogens with zero attached hydrogens (tertiary/aromatic N) is 1. The molecule has 0 aromatic heterocycles. The summed E-state index contributed by atoms with van der Waals surface area (Å²) in [5.41, 5.74) is 0. The minimum absolute atomic E-state index is 0.0180. The number of hydrogen-bond acceptors (Lipinski definition) is 7. The highest BCUT2D eigenvalue weighted by molar-refractivity contribution is 6.74. The summed E-state index contributed by atoms with van der Waals surface area (Å²) >= 11 is 0. The molecule has 0 spiro atoms. The van der Waals surface area contributed by atoms with Gasteiger partial charge in [0.15, 0.2) is 8.32 Å². The predicted molar refractivity (Wildman–Crippen MR) is 125 cm³/mol. The second-order valence-electron chi connectivity index (χ2n) is 9.65. The lowest BCUT2D eigenvalue weighted by atomic mass is 9.76. The smallest absolute Gasteiger partial charge is 0.465 e. The van der Waals surface area contributed by atoms with Crippen LogP contribution in [0.25, 0.3) is 0 Å². The van der Waals surface area contributed by atoms with Crippen LogP contribution in [0.2, 0.25) is 18.1 Å². The van der Waals surface area contributed by atoms with Gasteiger partial charge in [0.2, 0.25) is 5.91 Å². The second kappa shape index (κ2) is 11.8. The molecule has 8 nitrogen and oxygen atoms in total. The summed E-state index contributed by atoms with van der Waals surface area (Å²) in [5, 5.41) is 0.0180. The Hall–Kier alpha value is -1.87. The van der Waals surface area contributed by atoms with Gasteiger partial charge in [0, 0.05) is 0 Å². The van der Waals surface area contributed by atoms with Gasteiger partial charge >= 0.3 is 12.1 Å². The number of hydrogen-bond donors (Lipinski definition) is 0. The normalized spacial score (nSPS) is 21.2. The van der Waals surface area contributed by atoms with Crippen LogP contribution in [0.3, 0.4) is 0 Å². The van der Waals surface area contributed by atoms with Crippen LogP contribution >= 0.6 is 0 Å². The first-order chi connectivity index (χ1) is 14.8. The standard InChI is InChI=1S/C23H41NO7Si/c1-10-28-18(25)15-24-20(16(3)13-12-14-30-22(27)29-11-2)19(21(24)26)17(4)31-32(8,9)23(5,6)7/h12-13,16-17,19-20H,10-11,14-15H2,1-9H3/b13-12+/t16-,17+,19+,20+/m0/s1. The second-order valence-corrected chi connectivity index (χ2v) is 14.4. The van der Waals surface area contributed by atoms with Crippen LogP contribution in [0.5, 0.6) is 0 Å². The van der Waals surface area contributed by atoms with Crippen molar-refractivity contribution in [3.8, 4) is 0 Å². The molecular weight excluding hydrogens is 430 g/mol. The third-order valence-electron chi connectivity index (χ3n) is 6.23. The molecule has 1 aliphatic rings. The molecule has 184 valence electrons. The SMILES string of the molecule is CCOC(=O)CN1C(=O)[C@H]([C@@H](C)O[Si](C)(C)C(C)(C)C)[C@H]1[C@@H](C)/C=C/COC(=O)OCC. The highest BCUT2D eigenvalue weighted by Crippen LogP contribution is 2.42. The van der Waals surface area contributed by atoms with Crippen LogP contribution in [0.15, 0.2) is 12.2 Å². The Balaban J connectivity index is 2.96. The van der Waals surface area contributed by atoms with Gasteiger partial charge in [-0.2, -0.15) is 0 Å². The molecule has 9 heteroatoms. The molecule has 0 aromatic rings. The van der Waals surface area contributed by atoms with E-state index >= 15 is 0 Å². The zero-order valence-electron chi connectivity index (χ0n) is 21.1. The van der Waals surface area contributed by atoms with Crippen molar-refractivity contribution >= 4 is 26.3 Å². The summed E-state index contributed by atoms with van der Waals surface area (Å²) < 4.78 is 21.3. The van der Waals surface area contributed by atoms with E-state index in [1.807, 2.05) is 19.9 Å². The van der Waals surface area contributed by atoms with Gasteiger partial charge in [0.1, 0.15) is 13.2 Å². The van der Waals surface area contributed by atoms with E-state index in [4.69, 9.17) is 18.6 Å². The number of carbonyl (C=O) groups is 3. The van der Waals surface area contributed by atoms with Crippen LogP contribution in [-0.4, -0.2) is 69.8 Å². The highest BCUT2D eigenvalue weighted by atomic mass is 28.4. The third kappa shape index (κ3) is 7.33. The minimum Gasteiger partial charge on any atom is -0.465 e. The fourth-order valence-corrected chi connectivity index (χ4v) is 5.02. The molecule has 0 N–H and O–H groups in total. The molecular formula is C23H41NO7Si. The zero-order valence-corrected chi connectivity index (χ0v) is 22.1. The van der Waals surface area contributed by atoms with Gasteiger partial charge in [-0.25, -0.2) is 4.79 Å².